The van der Waals surface area contributed by atoms with Crippen molar-refractivity contribution >= 4 is 28.1 Å². The van der Waals surface area contributed by atoms with Crippen LogP contribution in [0.4, 0.5) is 0 Å². The van der Waals surface area contributed by atoms with Crippen LogP contribution >= 0.6 is 11.3 Å². The van der Waals surface area contributed by atoms with E-state index in [2.05, 4.69) is 21.3 Å². The molecule has 0 atom stereocenters. The van der Waals surface area contributed by atoms with Gasteiger partial charge in [-0.3, -0.25) is 4.79 Å². The number of nitrogens with zero attached hydrogens (tertiary/aromatic N) is 1. The van der Waals surface area contributed by atoms with Crippen molar-refractivity contribution in [2.24, 2.45) is 0 Å². The van der Waals surface area contributed by atoms with Crippen molar-refractivity contribution in [3.05, 3.63) is 87.7 Å². The molecule has 2 N–H and O–H groups in total. The number of hydrogen-bond acceptors (Lipinski definition) is 3. The summed E-state index contributed by atoms with van der Waals surface area (Å²) in [5.74, 6) is 0.0322. The highest BCUT2D eigenvalue weighted by molar-refractivity contribution is 7.09. The van der Waals surface area contributed by atoms with Crippen LogP contribution in [0.15, 0.2) is 66.0 Å². The number of thiophene rings is 1. The molecule has 0 aliphatic heterocycles. The first-order chi connectivity index (χ1) is 13.1. The van der Waals surface area contributed by atoms with Gasteiger partial charge in [-0.25, -0.2) is 0 Å². The van der Waals surface area contributed by atoms with Gasteiger partial charge < -0.3 is 15.0 Å². The minimum absolute atomic E-state index is 0.128. The highest BCUT2D eigenvalue weighted by atomic mass is 32.1. The maximum Gasteiger partial charge on any atom is 0.254 e. The van der Waals surface area contributed by atoms with Crippen molar-refractivity contribution in [2.75, 3.05) is 0 Å². The highest BCUT2D eigenvalue weighted by Crippen LogP contribution is 2.30. The summed E-state index contributed by atoms with van der Waals surface area (Å²) >= 11 is 1.69. The lowest BCUT2D eigenvalue weighted by Gasteiger charge is -2.08. The number of hydrogen-bond donors (Lipinski definition) is 2. The molecule has 0 unspecified atom stereocenters. The molecule has 0 spiro atoms. The lowest BCUT2D eigenvalue weighted by molar-refractivity contribution is 0.0951. The molecule has 0 aliphatic rings. The minimum Gasteiger partial charge on any atom is -0.508 e. The van der Waals surface area contributed by atoms with Gasteiger partial charge in [-0.05, 0) is 42.1 Å². The Balaban J connectivity index is 1.71. The first kappa shape index (κ1) is 17.4. The average molecular weight is 376 g/mol. The first-order valence-electron chi connectivity index (χ1n) is 8.80. The second-order valence-corrected chi connectivity index (χ2v) is 7.53. The van der Waals surface area contributed by atoms with Crippen LogP contribution in [-0.2, 0) is 13.1 Å². The first-order valence-corrected chi connectivity index (χ1v) is 9.68. The number of fused-ring (bicyclic) bond motifs is 1. The van der Waals surface area contributed by atoms with Gasteiger partial charge in [-0.2, -0.15) is 0 Å². The molecule has 27 heavy (non-hydrogen) atoms. The molecule has 2 aromatic heterocycles. The third kappa shape index (κ3) is 3.46. The second-order valence-electron chi connectivity index (χ2n) is 6.50. The second kappa shape index (κ2) is 7.29. The summed E-state index contributed by atoms with van der Waals surface area (Å²) in [6.07, 6.45) is 0. The number of rotatable bonds is 5. The van der Waals surface area contributed by atoms with E-state index in [-0.39, 0.29) is 11.7 Å². The number of phenols is 1. The van der Waals surface area contributed by atoms with E-state index < -0.39 is 0 Å². The molecule has 1 amide bonds. The predicted octanol–water partition coefficient (Wildman–Crippen LogP) is 4.70. The molecule has 2 heterocycles. The summed E-state index contributed by atoms with van der Waals surface area (Å²) < 4.78 is 2.14. The molecule has 0 saturated heterocycles. The molecule has 136 valence electrons. The zero-order valence-electron chi connectivity index (χ0n) is 15.0. The zero-order valence-corrected chi connectivity index (χ0v) is 15.8. The van der Waals surface area contributed by atoms with Crippen LogP contribution in [0.25, 0.3) is 10.9 Å². The van der Waals surface area contributed by atoms with Crippen LogP contribution in [0.5, 0.6) is 5.75 Å². The highest BCUT2D eigenvalue weighted by Gasteiger charge is 2.20. The molecular weight excluding hydrogens is 356 g/mol. The summed E-state index contributed by atoms with van der Waals surface area (Å²) in [5, 5.41) is 15.8. The predicted molar refractivity (Wildman–Crippen MR) is 109 cm³/mol. The standard InChI is InChI=1S/C22H20N2O2S/c1-15-21(22(26)23-13-16-6-3-2-4-7-16)19-12-17(25)9-10-20(19)24(15)14-18-8-5-11-27-18/h2-12,25H,13-14H2,1H3,(H,23,26). The van der Waals surface area contributed by atoms with Crippen molar-refractivity contribution in [2.45, 2.75) is 20.0 Å². The summed E-state index contributed by atoms with van der Waals surface area (Å²) in [5.41, 5.74) is 3.51. The molecule has 0 aliphatic carbocycles. The van der Waals surface area contributed by atoms with Crippen LogP contribution in [0.2, 0.25) is 0 Å². The van der Waals surface area contributed by atoms with Gasteiger partial charge >= 0.3 is 0 Å². The van der Waals surface area contributed by atoms with Crippen molar-refractivity contribution in [1.82, 2.24) is 9.88 Å². The number of nitrogens with one attached hydrogen (secondary N) is 1. The molecule has 0 radical (unpaired) electrons. The van der Waals surface area contributed by atoms with Crippen LogP contribution in [0.1, 0.15) is 26.5 Å². The fourth-order valence-electron chi connectivity index (χ4n) is 3.39. The van der Waals surface area contributed by atoms with Crippen LogP contribution in [0.3, 0.4) is 0 Å². The summed E-state index contributed by atoms with van der Waals surface area (Å²) in [6.45, 7) is 3.13. The van der Waals surface area contributed by atoms with Crippen molar-refractivity contribution < 1.29 is 9.90 Å². The van der Waals surface area contributed by atoms with Gasteiger partial charge in [0.05, 0.1) is 12.1 Å². The molecule has 0 fully saturated rings. The summed E-state index contributed by atoms with van der Waals surface area (Å²) in [7, 11) is 0. The molecular formula is C22H20N2O2S. The Morgan fingerprint density at radius 2 is 1.93 bits per heavy atom. The summed E-state index contributed by atoms with van der Waals surface area (Å²) in [4.78, 5) is 14.2. The topological polar surface area (TPSA) is 54.3 Å². The Morgan fingerprint density at radius 1 is 1.11 bits per heavy atom. The maximum absolute atomic E-state index is 13.0. The number of carbonyl (C=O) groups is 1. The number of amides is 1. The largest absolute Gasteiger partial charge is 0.508 e. The smallest absolute Gasteiger partial charge is 0.254 e. The van der Waals surface area contributed by atoms with Crippen LogP contribution in [0, 0.1) is 6.92 Å². The van der Waals surface area contributed by atoms with E-state index >= 15 is 0 Å². The van der Waals surface area contributed by atoms with Crippen molar-refractivity contribution in [1.29, 1.82) is 0 Å². The van der Waals surface area contributed by atoms with Crippen LogP contribution < -0.4 is 5.32 Å². The number of carbonyl (C=O) groups excluding carboxylic acids is 1. The van der Waals surface area contributed by atoms with E-state index in [0.717, 1.165) is 22.2 Å². The monoisotopic (exact) mass is 376 g/mol. The molecule has 5 heteroatoms. The number of aromatic hydroxyl groups is 1. The van der Waals surface area contributed by atoms with E-state index in [1.807, 2.05) is 49.4 Å². The fourth-order valence-corrected chi connectivity index (χ4v) is 4.08. The Morgan fingerprint density at radius 3 is 2.67 bits per heavy atom. The molecule has 0 saturated carbocycles. The molecule has 2 aromatic carbocycles. The van der Waals surface area contributed by atoms with E-state index in [4.69, 9.17) is 0 Å². The Hall–Kier alpha value is -3.05. The number of benzene rings is 2. The van der Waals surface area contributed by atoms with E-state index in [9.17, 15) is 9.90 Å². The molecule has 4 rings (SSSR count). The van der Waals surface area contributed by atoms with Gasteiger partial charge in [0.2, 0.25) is 0 Å². The lowest BCUT2D eigenvalue weighted by Crippen LogP contribution is -2.23. The zero-order chi connectivity index (χ0) is 18.8. The van der Waals surface area contributed by atoms with Gasteiger partial charge in [-0.15, -0.1) is 11.3 Å². The molecule has 0 bridgehead atoms. The van der Waals surface area contributed by atoms with Crippen LogP contribution in [-0.4, -0.2) is 15.6 Å². The fraction of sp³-hybridized carbons (Fsp3) is 0.136. The quantitative estimate of drug-likeness (QED) is 0.531. The third-order valence-electron chi connectivity index (χ3n) is 4.72. The van der Waals surface area contributed by atoms with E-state index in [1.165, 1.54) is 4.88 Å². The van der Waals surface area contributed by atoms with Gasteiger partial charge in [0.25, 0.3) is 5.91 Å². The van der Waals surface area contributed by atoms with Gasteiger partial charge in [0.1, 0.15) is 5.75 Å². The van der Waals surface area contributed by atoms with E-state index in [1.54, 1.807) is 23.5 Å². The Bertz CT molecular complexity index is 1080. The third-order valence-corrected chi connectivity index (χ3v) is 5.59. The maximum atomic E-state index is 13.0. The average Bonchev–Trinajstić information content (AvgIpc) is 3.28. The minimum atomic E-state index is -0.128. The van der Waals surface area contributed by atoms with Crippen molar-refractivity contribution in [3.8, 4) is 5.75 Å². The lowest BCUT2D eigenvalue weighted by atomic mass is 10.1. The Kier molecular flexibility index (Phi) is 4.69. The van der Waals surface area contributed by atoms with Crippen molar-refractivity contribution in [3.63, 3.8) is 0 Å². The normalized spacial score (nSPS) is 11.0. The van der Waals surface area contributed by atoms with E-state index in [0.29, 0.717) is 18.7 Å². The number of aromatic nitrogens is 1. The molecule has 4 nitrogen and oxygen atoms in total. The molecule has 4 aromatic rings. The van der Waals surface area contributed by atoms with Gasteiger partial charge in [0, 0.05) is 28.0 Å². The number of phenolic OH excluding ortho intramolecular Hbond substituents is 1. The van der Waals surface area contributed by atoms with Gasteiger partial charge in [-0.1, -0.05) is 36.4 Å². The Labute approximate surface area is 161 Å². The SMILES string of the molecule is Cc1c(C(=O)NCc2ccccc2)c2cc(O)ccc2n1Cc1cccs1. The summed E-state index contributed by atoms with van der Waals surface area (Å²) in [6, 6.07) is 19.2. The van der Waals surface area contributed by atoms with Gasteiger partial charge in [0.15, 0.2) is 0 Å².